The van der Waals surface area contributed by atoms with Crippen LogP contribution < -0.4 is 0 Å². The number of aromatic nitrogens is 1. The third-order valence-electron chi connectivity index (χ3n) is 5.68. The van der Waals surface area contributed by atoms with Crippen molar-refractivity contribution in [3.05, 3.63) is 65.6 Å². The number of benzene rings is 2. The highest BCUT2D eigenvalue weighted by molar-refractivity contribution is 7.89. The Morgan fingerprint density at radius 2 is 1.71 bits per heavy atom. The van der Waals surface area contributed by atoms with E-state index >= 15 is 0 Å². The van der Waals surface area contributed by atoms with Crippen molar-refractivity contribution in [1.82, 2.24) is 14.2 Å². The highest BCUT2D eigenvalue weighted by atomic mass is 32.2. The van der Waals surface area contributed by atoms with Crippen molar-refractivity contribution in [2.45, 2.75) is 31.1 Å². The third-order valence-corrected chi connectivity index (χ3v) is 7.57. The van der Waals surface area contributed by atoms with E-state index in [1.54, 1.807) is 4.90 Å². The number of rotatable bonds is 3. The predicted molar refractivity (Wildman–Crippen MR) is 118 cm³/mol. The molecule has 0 unspecified atom stereocenters. The normalized spacial score (nSPS) is 16.1. The Morgan fingerprint density at radius 3 is 2.35 bits per heavy atom. The summed E-state index contributed by atoms with van der Waals surface area (Å²) in [5.41, 5.74) is 2.58. The zero-order chi connectivity index (χ0) is 22.4. The number of hydrogen-bond acceptors (Lipinski definition) is 3. The fraction of sp³-hybridized carbons (Fsp3) is 0.348. The molecule has 1 aromatic heterocycles. The maximum atomic E-state index is 13.5. The first-order valence-corrected chi connectivity index (χ1v) is 11.7. The van der Waals surface area contributed by atoms with Crippen molar-refractivity contribution in [2.24, 2.45) is 0 Å². The second-order valence-corrected chi connectivity index (χ2v) is 10.8. The monoisotopic (exact) mass is 443 g/mol. The highest BCUT2D eigenvalue weighted by Crippen LogP contribution is 2.27. The number of sulfonamides is 1. The summed E-state index contributed by atoms with van der Waals surface area (Å²) in [4.78, 5) is 17.8. The summed E-state index contributed by atoms with van der Waals surface area (Å²) >= 11 is 0. The van der Waals surface area contributed by atoms with Crippen LogP contribution in [-0.4, -0.2) is 54.7 Å². The van der Waals surface area contributed by atoms with Crippen LogP contribution in [0.15, 0.2) is 53.4 Å². The van der Waals surface area contributed by atoms with Gasteiger partial charge in [-0.3, -0.25) is 4.79 Å². The molecule has 8 heteroatoms. The molecule has 164 valence electrons. The van der Waals surface area contributed by atoms with Gasteiger partial charge in [-0.2, -0.15) is 4.31 Å². The molecule has 1 aliphatic heterocycles. The molecule has 1 aliphatic rings. The van der Waals surface area contributed by atoms with Gasteiger partial charge in [-0.05, 0) is 41.3 Å². The Labute approximate surface area is 181 Å². The average Bonchev–Trinajstić information content (AvgIpc) is 3.16. The number of fused-ring (bicyclic) bond motifs is 1. The van der Waals surface area contributed by atoms with Crippen LogP contribution in [-0.2, 0) is 15.4 Å². The van der Waals surface area contributed by atoms with E-state index < -0.39 is 15.8 Å². The molecule has 0 saturated carbocycles. The van der Waals surface area contributed by atoms with E-state index in [4.69, 9.17) is 0 Å². The van der Waals surface area contributed by atoms with Crippen molar-refractivity contribution in [3.63, 3.8) is 0 Å². The Bertz CT molecular complexity index is 1240. The maximum absolute atomic E-state index is 13.5. The summed E-state index contributed by atoms with van der Waals surface area (Å²) in [6.07, 6.45) is 0. The zero-order valence-corrected chi connectivity index (χ0v) is 18.7. The largest absolute Gasteiger partial charge is 0.351 e. The molecule has 1 fully saturated rings. The van der Waals surface area contributed by atoms with Gasteiger partial charge in [-0.15, -0.1) is 0 Å². The number of amides is 1. The summed E-state index contributed by atoms with van der Waals surface area (Å²) in [6, 6.07) is 13.0. The number of piperazine rings is 1. The SMILES string of the molecule is CC(C)(C)c1ccc2cc(C(=O)N3CCN(S(=O)(=O)c4cccc(F)c4)CC3)[nH]c2c1. The Hall–Kier alpha value is -2.71. The molecule has 1 saturated heterocycles. The summed E-state index contributed by atoms with van der Waals surface area (Å²) in [7, 11) is -3.79. The first-order chi connectivity index (χ1) is 14.6. The van der Waals surface area contributed by atoms with E-state index in [2.05, 4.69) is 37.9 Å². The van der Waals surface area contributed by atoms with E-state index in [1.165, 1.54) is 28.1 Å². The molecular formula is C23H26FN3O3S. The number of nitrogens with one attached hydrogen (secondary N) is 1. The number of hydrogen-bond donors (Lipinski definition) is 1. The van der Waals surface area contributed by atoms with Crippen LogP contribution in [0.5, 0.6) is 0 Å². The van der Waals surface area contributed by atoms with Crippen LogP contribution >= 0.6 is 0 Å². The lowest BCUT2D eigenvalue weighted by Crippen LogP contribution is -2.50. The summed E-state index contributed by atoms with van der Waals surface area (Å²) < 4.78 is 40.3. The van der Waals surface area contributed by atoms with Gasteiger partial charge in [0.2, 0.25) is 10.0 Å². The summed E-state index contributed by atoms with van der Waals surface area (Å²) in [5, 5.41) is 0.962. The van der Waals surface area contributed by atoms with E-state index in [1.807, 2.05) is 12.1 Å². The summed E-state index contributed by atoms with van der Waals surface area (Å²) in [5.74, 6) is -0.750. The topological polar surface area (TPSA) is 73.5 Å². The van der Waals surface area contributed by atoms with Gasteiger partial charge in [0.1, 0.15) is 11.5 Å². The van der Waals surface area contributed by atoms with Gasteiger partial charge in [0.05, 0.1) is 4.90 Å². The van der Waals surface area contributed by atoms with Crippen molar-refractivity contribution < 1.29 is 17.6 Å². The molecular weight excluding hydrogens is 417 g/mol. The Balaban J connectivity index is 1.48. The molecule has 0 spiro atoms. The fourth-order valence-electron chi connectivity index (χ4n) is 3.79. The van der Waals surface area contributed by atoms with Gasteiger partial charge in [0.15, 0.2) is 0 Å². The molecule has 2 heterocycles. The zero-order valence-electron chi connectivity index (χ0n) is 17.9. The highest BCUT2D eigenvalue weighted by Gasteiger charge is 2.31. The van der Waals surface area contributed by atoms with Crippen LogP contribution in [0.4, 0.5) is 4.39 Å². The molecule has 1 N–H and O–H groups in total. The van der Waals surface area contributed by atoms with Gasteiger partial charge >= 0.3 is 0 Å². The minimum absolute atomic E-state index is 0.00691. The predicted octanol–water partition coefficient (Wildman–Crippen LogP) is 3.75. The number of aromatic amines is 1. The molecule has 31 heavy (non-hydrogen) atoms. The second kappa shape index (κ2) is 7.76. The molecule has 0 atom stereocenters. The summed E-state index contributed by atoms with van der Waals surface area (Å²) in [6.45, 7) is 7.30. The maximum Gasteiger partial charge on any atom is 0.270 e. The van der Waals surface area contributed by atoms with Crippen molar-refractivity contribution >= 4 is 26.8 Å². The molecule has 1 amide bonds. The van der Waals surface area contributed by atoms with Crippen LogP contribution in [0.3, 0.4) is 0 Å². The Kier molecular flexibility index (Phi) is 5.39. The number of halogens is 1. The second-order valence-electron chi connectivity index (χ2n) is 8.89. The minimum atomic E-state index is -3.79. The lowest BCUT2D eigenvalue weighted by molar-refractivity contribution is 0.0693. The third kappa shape index (κ3) is 4.22. The lowest BCUT2D eigenvalue weighted by Gasteiger charge is -2.33. The van der Waals surface area contributed by atoms with E-state index in [0.717, 1.165) is 17.0 Å². The van der Waals surface area contributed by atoms with Gasteiger partial charge in [0, 0.05) is 37.1 Å². The number of carbonyl (C=O) groups excluding carboxylic acids is 1. The number of carbonyl (C=O) groups is 1. The van der Waals surface area contributed by atoms with Crippen molar-refractivity contribution in [3.8, 4) is 0 Å². The van der Waals surface area contributed by atoms with Crippen molar-refractivity contribution in [1.29, 1.82) is 0 Å². The Morgan fingerprint density at radius 1 is 1.00 bits per heavy atom. The van der Waals surface area contributed by atoms with Gasteiger partial charge in [-0.1, -0.05) is 39.0 Å². The first-order valence-electron chi connectivity index (χ1n) is 10.2. The van der Waals surface area contributed by atoms with E-state index in [9.17, 15) is 17.6 Å². The lowest BCUT2D eigenvalue weighted by atomic mass is 9.87. The molecule has 0 bridgehead atoms. The molecule has 2 aromatic carbocycles. The quantitative estimate of drug-likeness (QED) is 0.670. The molecule has 0 aliphatic carbocycles. The molecule has 4 rings (SSSR count). The fourth-order valence-corrected chi connectivity index (χ4v) is 5.24. The van der Waals surface area contributed by atoms with Crippen LogP contribution in [0.25, 0.3) is 10.9 Å². The average molecular weight is 444 g/mol. The van der Waals surface area contributed by atoms with Gasteiger partial charge in [0.25, 0.3) is 5.91 Å². The van der Waals surface area contributed by atoms with Gasteiger partial charge in [-0.25, -0.2) is 12.8 Å². The standard InChI is InChI=1S/C23H26FN3O3S/c1-23(2,3)17-8-7-16-13-21(25-20(16)14-17)22(28)26-9-11-27(12-10-26)31(29,30)19-6-4-5-18(24)15-19/h4-8,13-15,25H,9-12H2,1-3H3. The van der Waals surface area contributed by atoms with Crippen LogP contribution in [0.2, 0.25) is 0 Å². The number of H-pyrrole nitrogens is 1. The first kappa shape index (κ1) is 21.5. The smallest absolute Gasteiger partial charge is 0.270 e. The van der Waals surface area contributed by atoms with E-state index in [-0.39, 0.29) is 42.4 Å². The molecule has 0 radical (unpaired) electrons. The number of nitrogens with zero attached hydrogens (tertiary/aromatic N) is 2. The van der Waals surface area contributed by atoms with Gasteiger partial charge < -0.3 is 9.88 Å². The van der Waals surface area contributed by atoms with Crippen LogP contribution in [0.1, 0.15) is 36.8 Å². The molecule has 3 aromatic rings. The minimum Gasteiger partial charge on any atom is -0.351 e. The van der Waals surface area contributed by atoms with E-state index in [0.29, 0.717) is 5.69 Å². The van der Waals surface area contributed by atoms with Crippen LogP contribution in [0, 0.1) is 5.82 Å². The van der Waals surface area contributed by atoms with Crippen molar-refractivity contribution in [2.75, 3.05) is 26.2 Å². The molecule has 6 nitrogen and oxygen atoms in total.